The van der Waals surface area contributed by atoms with Crippen molar-refractivity contribution in [2.75, 3.05) is 0 Å². The number of aryl methyl sites for hydroxylation is 1. The van der Waals surface area contributed by atoms with Crippen molar-refractivity contribution in [2.45, 2.75) is 18.4 Å². The first-order valence-corrected chi connectivity index (χ1v) is 7.58. The maximum Gasteiger partial charge on any atom is 0.240 e. The predicted molar refractivity (Wildman–Crippen MR) is 69.5 cm³/mol. The molecule has 0 unspecified atom stereocenters. The molecule has 6 heteroatoms. The first-order chi connectivity index (χ1) is 8.47. The number of benzene rings is 1. The van der Waals surface area contributed by atoms with Crippen molar-refractivity contribution in [1.82, 2.24) is 4.72 Å². The number of halogens is 1. The zero-order chi connectivity index (χ0) is 13.2. The molecule has 0 aliphatic heterocycles. The molecule has 0 bridgehead atoms. The topological polar surface area (TPSA) is 46.2 Å². The van der Waals surface area contributed by atoms with E-state index in [0.29, 0.717) is 0 Å². The minimum absolute atomic E-state index is 0.0668. The number of hydrogen-bond donors (Lipinski definition) is 1. The number of hydrogen-bond acceptors (Lipinski definition) is 3. The Labute approximate surface area is 109 Å². The van der Waals surface area contributed by atoms with Crippen LogP contribution in [-0.4, -0.2) is 8.42 Å². The first kappa shape index (κ1) is 13.2. The molecule has 0 fully saturated rings. The smallest absolute Gasteiger partial charge is 0.207 e. The van der Waals surface area contributed by atoms with Crippen molar-refractivity contribution in [1.29, 1.82) is 0 Å². The van der Waals surface area contributed by atoms with E-state index in [2.05, 4.69) is 4.72 Å². The van der Waals surface area contributed by atoms with Gasteiger partial charge in [-0.15, -0.1) is 11.3 Å². The molecule has 0 amide bonds. The fourth-order valence-corrected chi connectivity index (χ4v) is 3.37. The lowest BCUT2D eigenvalue weighted by molar-refractivity contribution is 0.581. The van der Waals surface area contributed by atoms with Gasteiger partial charge in [0, 0.05) is 16.3 Å². The van der Waals surface area contributed by atoms with Gasteiger partial charge in [0.2, 0.25) is 10.0 Å². The second-order valence-corrected chi connectivity index (χ2v) is 6.93. The van der Waals surface area contributed by atoms with Crippen molar-refractivity contribution in [3.63, 3.8) is 0 Å². The van der Waals surface area contributed by atoms with Gasteiger partial charge in [-0.2, -0.15) is 0 Å². The summed E-state index contributed by atoms with van der Waals surface area (Å²) in [6.07, 6.45) is 0. The van der Waals surface area contributed by atoms with E-state index < -0.39 is 15.8 Å². The van der Waals surface area contributed by atoms with E-state index in [1.807, 2.05) is 19.1 Å². The molecule has 2 rings (SSSR count). The van der Waals surface area contributed by atoms with Crippen LogP contribution in [0.3, 0.4) is 0 Å². The lowest BCUT2D eigenvalue weighted by Crippen LogP contribution is -2.22. The number of thiophene rings is 1. The van der Waals surface area contributed by atoms with Gasteiger partial charge in [0.25, 0.3) is 0 Å². The molecule has 18 heavy (non-hydrogen) atoms. The second-order valence-electron chi connectivity index (χ2n) is 3.79. The highest BCUT2D eigenvalue weighted by Gasteiger charge is 2.13. The molecule has 3 nitrogen and oxygen atoms in total. The lowest BCUT2D eigenvalue weighted by Gasteiger charge is -2.05. The van der Waals surface area contributed by atoms with E-state index >= 15 is 0 Å². The zero-order valence-electron chi connectivity index (χ0n) is 9.68. The van der Waals surface area contributed by atoms with Gasteiger partial charge in [0.05, 0.1) is 4.90 Å². The summed E-state index contributed by atoms with van der Waals surface area (Å²) in [6.45, 7) is 2.21. The Hall–Kier alpha value is -1.24. The third kappa shape index (κ3) is 3.16. The highest BCUT2D eigenvalue weighted by atomic mass is 32.2. The first-order valence-electron chi connectivity index (χ1n) is 5.28. The molecular weight excluding hydrogens is 273 g/mol. The van der Waals surface area contributed by atoms with Crippen LogP contribution in [-0.2, 0) is 16.6 Å². The maximum absolute atomic E-state index is 12.7. The van der Waals surface area contributed by atoms with Gasteiger partial charge in [0.1, 0.15) is 5.82 Å². The SMILES string of the molecule is Cc1ccc(CNS(=O)(=O)c2ccc(F)cc2)s1. The molecule has 0 saturated heterocycles. The highest BCUT2D eigenvalue weighted by Crippen LogP contribution is 2.16. The average Bonchev–Trinajstić information content (AvgIpc) is 2.73. The summed E-state index contributed by atoms with van der Waals surface area (Å²) in [4.78, 5) is 2.14. The Morgan fingerprint density at radius 3 is 2.39 bits per heavy atom. The summed E-state index contributed by atoms with van der Waals surface area (Å²) in [5, 5.41) is 0. The van der Waals surface area contributed by atoms with Gasteiger partial charge in [-0.3, -0.25) is 0 Å². The summed E-state index contributed by atoms with van der Waals surface area (Å²) < 4.78 is 39.0. The maximum atomic E-state index is 12.7. The molecule has 0 radical (unpaired) electrons. The Morgan fingerprint density at radius 2 is 1.83 bits per heavy atom. The molecule has 0 atom stereocenters. The summed E-state index contributed by atoms with van der Waals surface area (Å²) in [5.41, 5.74) is 0. The zero-order valence-corrected chi connectivity index (χ0v) is 11.3. The van der Waals surface area contributed by atoms with Crippen LogP contribution < -0.4 is 4.72 Å². The van der Waals surface area contributed by atoms with Crippen LogP contribution in [0.15, 0.2) is 41.3 Å². The molecule has 0 saturated carbocycles. The molecule has 0 aliphatic carbocycles. The van der Waals surface area contributed by atoms with Gasteiger partial charge >= 0.3 is 0 Å². The minimum Gasteiger partial charge on any atom is -0.207 e. The van der Waals surface area contributed by atoms with Gasteiger partial charge in [-0.25, -0.2) is 17.5 Å². The highest BCUT2D eigenvalue weighted by molar-refractivity contribution is 7.89. The number of rotatable bonds is 4. The standard InChI is InChI=1S/C12H12FNO2S2/c1-9-2-5-11(17-9)8-14-18(15,16)12-6-3-10(13)4-7-12/h2-7,14H,8H2,1H3. The number of nitrogens with one attached hydrogen (secondary N) is 1. The molecule has 1 N–H and O–H groups in total. The Morgan fingerprint density at radius 1 is 1.17 bits per heavy atom. The van der Waals surface area contributed by atoms with Gasteiger partial charge in [-0.1, -0.05) is 0 Å². The van der Waals surface area contributed by atoms with Crippen molar-refractivity contribution in [3.05, 3.63) is 52.0 Å². The van der Waals surface area contributed by atoms with Crippen LogP contribution in [0.4, 0.5) is 4.39 Å². The Kier molecular flexibility index (Phi) is 3.79. The summed E-state index contributed by atoms with van der Waals surface area (Å²) >= 11 is 1.54. The van der Waals surface area contributed by atoms with E-state index in [0.717, 1.165) is 21.9 Å². The Balaban J connectivity index is 2.10. The Bertz CT molecular complexity index is 632. The van der Waals surface area contributed by atoms with Crippen LogP contribution >= 0.6 is 11.3 Å². The van der Waals surface area contributed by atoms with Crippen LogP contribution in [0.1, 0.15) is 9.75 Å². The monoisotopic (exact) mass is 285 g/mol. The molecule has 96 valence electrons. The van der Waals surface area contributed by atoms with Crippen molar-refractivity contribution >= 4 is 21.4 Å². The molecule has 1 aromatic carbocycles. The second kappa shape index (κ2) is 5.17. The molecule has 0 aliphatic rings. The quantitative estimate of drug-likeness (QED) is 0.938. The van der Waals surface area contributed by atoms with Gasteiger partial charge in [-0.05, 0) is 43.3 Å². The van der Waals surface area contributed by atoms with Crippen LogP contribution in [0.2, 0.25) is 0 Å². The molecular formula is C12H12FNO2S2. The minimum atomic E-state index is -3.58. The van der Waals surface area contributed by atoms with E-state index in [1.165, 1.54) is 23.5 Å². The third-order valence-electron chi connectivity index (χ3n) is 2.36. The van der Waals surface area contributed by atoms with E-state index in [1.54, 1.807) is 0 Å². The normalized spacial score (nSPS) is 11.7. The summed E-state index contributed by atoms with van der Waals surface area (Å²) in [7, 11) is -3.58. The van der Waals surface area contributed by atoms with Crippen molar-refractivity contribution in [3.8, 4) is 0 Å². The van der Waals surface area contributed by atoms with Crippen LogP contribution in [0, 0.1) is 12.7 Å². The van der Waals surface area contributed by atoms with E-state index in [-0.39, 0.29) is 11.4 Å². The van der Waals surface area contributed by atoms with E-state index in [4.69, 9.17) is 0 Å². The lowest BCUT2D eigenvalue weighted by atomic mass is 10.4. The fourth-order valence-electron chi connectivity index (χ4n) is 1.44. The van der Waals surface area contributed by atoms with Gasteiger partial charge in [0.15, 0.2) is 0 Å². The molecule has 0 spiro atoms. The summed E-state index contributed by atoms with van der Waals surface area (Å²) in [6, 6.07) is 8.57. The fraction of sp³-hybridized carbons (Fsp3) is 0.167. The van der Waals surface area contributed by atoms with Gasteiger partial charge < -0.3 is 0 Å². The van der Waals surface area contributed by atoms with E-state index in [9.17, 15) is 12.8 Å². The average molecular weight is 285 g/mol. The number of sulfonamides is 1. The third-order valence-corrected chi connectivity index (χ3v) is 4.77. The van der Waals surface area contributed by atoms with Crippen LogP contribution in [0.5, 0.6) is 0 Å². The van der Waals surface area contributed by atoms with Crippen molar-refractivity contribution in [2.24, 2.45) is 0 Å². The van der Waals surface area contributed by atoms with Crippen LogP contribution in [0.25, 0.3) is 0 Å². The molecule has 2 aromatic rings. The predicted octanol–water partition coefficient (Wildman–Crippen LogP) is 2.67. The molecule has 1 aromatic heterocycles. The largest absolute Gasteiger partial charge is 0.240 e. The molecule has 1 heterocycles. The van der Waals surface area contributed by atoms with Crippen molar-refractivity contribution < 1.29 is 12.8 Å². The summed E-state index contributed by atoms with van der Waals surface area (Å²) in [5.74, 6) is -0.456.